The normalized spacial score (nSPS) is 11.2. The molecule has 2 rings (SSSR count). The van der Waals surface area contributed by atoms with Gasteiger partial charge < -0.3 is 10.1 Å². The molecule has 0 saturated heterocycles. The molecule has 0 saturated carbocycles. The molecule has 5 nitrogen and oxygen atoms in total. The van der Waals surface area contributed by atoms with E-state index in [4.69, 9.17) is 23.2 Å². The van der Waals surface area contributed by atoms with E-state index in [0.717, 1.165) is 0 Å². The molecular weight excluding hydrogens is 370 g/mol. The second kappa shape index (κ2) is 7.67. The molecule has 0 aliphatic rings. The van der Waals surface area contributed by atoms with Crippen molar-refractivity contribution in [3.05, 3.63) is 51.9 Å². The summed E-state index contributed by atoms with van der Waals surface area (Å²) in [6.45, 7) is -1.60. The molecule has 24 heavy (non-hydrogen) atoms. The monoisotopic (exact) mass is 379 g/mol. The number of alkyl halides is 3. The Kier molecular flexibility index (Phi) is 5.84. The highest BCUT2D eigenvalue weighted by molar-refractivity contribution is 6.34. The van der Waals surface area contributed by atoms with Crippen molar-refractivity contribution in [2.24, 2.45) is 0 Å². The van der Waals surface area contributed by atoms with Gasteiger partial charge in [0.1, 0.15) is 10.8 Å². The Bertz CT molecular complexity index is 741. The third kappa shape index (κ3) is 5.24. The molecule has 2 heterocycles. The molecule has 0 bridgehead atoms. The molecule has 2 aromatic heterocycles. The zero-order chi connectivity index (χ0) is 17.7. The Labute approximate surface area is 144 Å². The van der Waals surface area contributed by atoms with Crippen LogP contribution in [-0.2, 0) is 6.54 Å². The molecule has 0 aromatic carbocycles. The summed E-state index contributed by atoms with van der Waals surface area (Å²) in [6.07, 6.45) is -3.21. The number of pyridine rings is 2. The van der Waals surface area contributed by atoms with E-state index in [1.807, 2.05) is 0 Å². The number of carbonyl (C=O) groups is 1. The molecule has 0 spiro atoms. The van der Waals surface area contributed by atoms with E-state index in [2.05, 4.69) is 20.0 Å². The molecule has 2 aromatic rings. The first-order valence-electron chi connectivity index (χ1n) is 6.50. The minimum absolute atomic E-state index is 0.0835. The largest absolute Gasteiger partial charge is 0.468 e. The minimum Gasteiger partial charge on any atom is -0.468 e. The number of rotatable bonds is 5. The van der Waals surface area contributed by atoms with Crippen molar-refractivity contribution in [3.63, 3.8) is 0 Å². The van der Waals surface area contributed by atoms with Crippen molar-refractivity contribution in [1.29, 1.82) is 0 Å². The Hall–Kier alpha value is -2.06. The number of halogens is 5. The van der Waals surface area contributed by atoms with Crippen molar-refractivity contribution in [3.8, 4) is 5.88 Å². The number of hydrogen-bond donors (Lipinski definition) is 1. The Morgan fingerprint density at radius 3 is 2.71 bits per heavy atom. The van der Waals surface area contributed by atoms with Gasteiger partial charge in [0.2, 0.25) is 5.88 Å². The Morgan fingerprint density at radius 1 is 1.25 bits per heavy atom. The van der Waals surface area contributed by atoms with E-state index in [9.17, 15) is 18.0 Å². The first kappa shape index (κ1) is 18.3. The zero-order valence-electron chi connectivity index (χ0n) is 11.9. The SMILES string of the molecule is O=C(NCc1cccnc1OCC(F)(F)F)c1nc(Cl)ccc1Cl. The van der Waals surface area contributed by atoms with Crippen LogP contribution in [0.5, 0.6) is 5.88 Å². The lowest BCUT2D eigenvalue weighted by Gasteiger charge is -2.12. The molecule has 0 aliphatic heterocycles. The van der Waals surface area contributed by atoms with Crippen LogP contribution in [0, 0.1) is 0 Å². The van der Waals surface area contributed by atoms with Crippen LogP contribution in [0.2, 0.25) is 10.2 Å². The molecule has 10 heteroatoms. The van der Waals surface area contributed by atoms with Gasteiger partial charge in [0.05, 0.1) is 5.02 Å². The molecule has 1 N–H and O–H groups in total. The van der Waals surface area contributed by atoms with Gasteiger partial charge in [-0.1, -0.05) is 29.3 Å². The molecule has 0 unspecified atom stereocenters. The van der Waals surface area contributed by atoms with Crippen LogP contribution >= 0.6 is 23.2 Å². The van der Waals surface area contributed by atoms with Gasteiger partial charge >= 0.3 is 6.18 Å². The van der Waals surface area contributed by atoms with Gasteiger partial charge in [-0.05, 0) is 18.2 Å². The van der Waals surface area contributed by atoms with E-state index < -0.39 is 18.7 Å². The van der Waals surface area contributed by atoms with Crippen molar-refractivity contribution in [2.45, 2.75) is 12.7 Å². The van der Waals surface area contributed by atoms with E-state index in [0.29, 0.717) is 0 Å². The van der Waals surface area contributed by atoms with E-state index in [-0.39, 0.29) is 33.9 Å². The number of amides is 1. The van der Waals surface area contributed by atoms with Crippen molar-refractivity contribution >= 4 is 29.1 Å². The number of aromatic nitrogens is 2. The lowest BCUT2D eigenvalue weighted by molar-refractivity contribution is -0.154. The second-order valence-electron chi connectivity index (χ2n) is 4.52. The molecule has 1 amide bonds. The lowest BCUT2D eigenvalue weighted by Crippen LogP contribution is -2.25. The zero-order valence-corrected chi connectivity index (χ0v) is 13.4. The fourth-order valence-corrected chi connectivity index (χ4v) is 2.01. The Morgan fingerprint density at radius 2 is 2.00 bits per heavy atom. The van der Waals surface area contributed by atoms with Crippen LogP contribution in [0.3, 0.4) is 0 Å². The maximum atomic E-state index is 12.2. The summed E-state index contributed by atoms with van der Waals surface area (Å²) in [5, 5.41) is 2.65. The van der Waals surface area contributed by atoms with Gasteiger partial charge in [0.25, 0.3) is 5.91 Å². The fraction of sp³-hybridized carbons (Fsp3) is 0.214. The third-order valence-corrected chi connectivity index (χ3v) is 3.20. The summed E-state index contributed by atoms with van der Waals surface area (Å²) in [6, 6.07) is 5.82. The smallest absolute Gasteiger partial charge is 0.422 e. The minimum atomic E-state index is -4.49. The molecular formula is C14H10Cl2F3N3O2. The summed E-state index contributed by atoms with van der Waals surface area (Å²) in [5.74, 6) is -0.853. The van der Waals surface area contributed by atoms with Gasteiger partial charge in [0.15, 0.2) is 6.61 Å². The molecule has 0 fully saturated rings. The number of hydrogen-bond acceptors (Lipinski definition) is 4. The van der Waals surface area contributed by atoms with Crippen molar-refractivity contribution in [2.75, 3.05) is 6.61 Å². The quantitative estimate of drug-likeness (QED) is 0.805. The fourth-order valence-electron chi connectivity index (χ4n) is 1.68. The van der Waals surface area contributed by atoms with E-state index in [1.54, 1.807) is 0 Å². The van der Waals surface area contributed by atoms with Gasteiger partial charge in [-0.15, -0.1) is 0 Å². The van der Waals surface area contributed by atoms with Gasteiger partial charge in [-0.2, -0.15) is 13.2 Å². The second-order valence-corrected chi connectivity index (χ2v) is 5.31. The Balaban J connectivity index is 2.06. The number of nitrogens with one attached hydrogen (secondary N) is 1. The maximum absolute atomic E-state index is 12.2. The van der Waals surface area contributed by atoms with Crippen molar-refractivity contribution in [1.82, 2.24) is 15.3 Å². The topological polar surface area (TPSA) is 64.1 Å². The average molecular weight is 380 g/mol. The van der Waals surface area contributed by atoms with Crippen LogP contribution in [0.4, 0.5) is 13.2 Å². The first-order valence-corrected chi connectivity index (χ1v) is 7.25. The molecule has 0 aliphatic carbocycles. The summed E-state index contributed by atoms with van der Waals surface area (Å²) < 4.78 is 41.3. The number of nitrogens with zero attached hydrogens (tertiary/aromatic N) is 2. The number of ether oxygens (including phenoxy) is 1. The average Bonchev–Trinajstić information content (AvgIpc) is 2.53. The summed E-state index contributed by atoms with van der Waals surface area (Å²) in [7, 11) is 0. The molecule has 128 valence electrons. The highest BCUT2D eigenvalue weighted by Crippen LogP contribution is 2.20. The predicted molar refractivity (Wildman–Crippen MR) is 81.2 cm³/mol. The van der Waals surface area contributed by atoms with Crippen LogP contribution < -0.4 is 10.1 Å². The summed E-state index contributed by atoms with van der Waals surface area (Å²) in [4.78, 5) is 19.6. The standard InChI is InChI=1S/C14H10Cl2F3N3O2/c15-9-3-4-10(16)22-11(9)12(23)21-6-8-2-1-5-20-13(8)24-7-14(17,18)19/h1-5H,6-7H2,(H,21,23). The lowest BCUT2D eigenvalue weighted by atomic mass is 10.2. The third-order valence-electron chi connectivity index (χ3n) is 2.69. The highest BCUT2D eigenvalue weighted by atomic mass is 35.5. The molecule has 0 atom stereocenters. The van der Waals surface area contributed by atoms with Crippen LogP contribution in [0.15, 0.2) is 30.5 Å². The maximum Gasteiger partial charge on any atom is 0.422 e. The summed E-state index contributed by atoms with van der Waals surface area (Å²) >= 11 is 11.6. The number of carbonyl (C=O) groups excluding carboxylic acids is 1. The summed E-state index contributed by atoms with van der Waals surface area (Å²) in [5.41, 5.74) is 0.180. The van der Waals surface area contributed by atoms with E-state index in [1.165, 1.54) is 30.5 Å². The van der Waals surface area contributed by atoms with E-state index >= 15 is 0 Å². The van der Waals surface area contributed by atoms with Gasteiger partial charge in [0, 0.05) is 18.3 Å². The van der Waals surface area contributed by atoms with Gasteiger partial charge in [-0.3, -0.25) is 4.79 Å². The van der Waals surface area contributed by atoms with Crippen LogP contribution in [-0.4, -0.2) is 28.7 Å². The predicted octanol–water partition coefficient (Wildman–Crippen LogP) is 3.65. The van der Waals surface area contributed by atoms with Crippen molar-refractivity contribution < 1.29 is 22.7 Å². The van der Waals surface area contributed by atoms with Crippen LogP contribution in [0.25, 0.3) is 0 Å². The van der Waals surface area contributed by atoms with Crippen LogP contribution in [0.1, 0.15) is 16.1 Å². The molecule has 0 radical (unpaired) electrons. The first-order chi connectivity index (χ1) is 11.3. The van der Waals surface area contributed by atoms with Gasteiger partial charge in [-0.25, -0.2) is 9.97 Å². The highest BCUT2D eigenvalue weighted by Gasteiger charge is 2.29.